The molecule has 0 saturated carbocycles. The van der Waals surface area contributed by atoms with Crippen LogP contribution >= 0.6 is 0 Å². The van der Waals surface area contributed by atoms with Crippen molar-refractivity contribution in [3.05, 3.63) is 23.8 Å². The maximum atomic E-state index is 5.57. The Balaban J connectivity index is 2.84. The van der Waals surface area contributed by atoms with Crippen LogP contribution in [0.3, 0.4) is 0 Å². The molecule has 0 unspecified atom stereocenters. The predicted molar refractivity (Wildman–Crippen MR) is 70.8 cm³/mol. The molecule has 1 aromatic carbocycles. The van der Waals surface area contributed by atoms with Gasteiger partial charge in [0.15, 0.2) is 11.5 Å². The molecule has 0 bridgehead atoms. The summed E-state index contributed by atoms with van der Waals surface area (Å²) in [7, 11) is 3.78. The van der Waals surface area contributed by atoms with E-state index in [9.17, 15) is 0 Å². The van der Waals surface area contributed by atoms with Gasteiger partial charge in [-0.2, -0.15) is 0 Å². The number of hydrogen-bond acceptors (Lipinski definition) is 3. The van der Waals surface area contributed by atoms with E-state index >= 15 is 0 Å². The van der Waals surface area contributed by atoms with E-state index in [0.717, 1.165) is 18.0 Å². The number of nitrogens with zero attached hydrogens (tertiary/aromatic N) is 1. The van der Waals surface area contributed by atoms with E-state index in [-0.39, 0.29) is 0 Å². The van der Waals surface area contributed by atoms with Crippen LogP contribution in [0.1, 0.15) is 26.3 Å². The molecule has 0 atom stereocenters. The number of ether oxygens (including phenoxy) is 2. The Kier molecular flexibility index (Phi) is 5.29. The molecule has 0 aliphatic carbocycles. The third kappa shape index (κ3) is 3.93. The van der Waals surface area contributed by atoms with Crippen LogP contribution in [0.25, 0.3) is 0 Å². The Morgan fingerprint density at radius 1 is 1.24 bits per heavy atom. The second-order valence-electron chi connectivity index (χ2n) is 4.43. The van der Waals surface area contributed by atoms with Gasteiger partial charge in [0.05, 0.1) is 13.7 Å². The number of rotatable bonds is 6. The highest BCUT2D eigenvalue weighted by atomic mass is 16.5. The minimum absolute atomic E-state index is 0.535. The van der Waals surface area contributed by atoms with E-state index < -0.39 is 0 Å². The molecule has 0 aromatic heterocycles. The van der Waals surface area contributed by atoms with Crippen molar-refractivity contribution in [1.29, 1.82) is 0 Å². The molecule has 3 nitrogen and oxygen atoms in total. The first-order valence-electron chi connectivity index (χ1n) is 6.08. The van der Waals surface area contributed by atoms with Crippen molar-refractivity contribution in [1.82, 2.24) is 4.90 Å². The fourth-order valence-electron chi connectivity index (χ4n) is 1.56. The van der Waals surface area contributed by atoms with Crippen LogP contribution in [0.5, 0.6) is 11.5 Å². The molecular formula is C14H23NO2. The van der Waals surface area contributed by atoms with E-state index in [1.54, 1.807) is 7.11 Å². The summed E-state index contributed by atoms with van der Waals surface area (Å²) in [4.78, 5) is 2.29. The Hall–Kier alpha value is -1.22. The second kappa shape index (κ2) is 6.50. The standard InChI is InChI=1S/C14H23NO2/c1-6-17-14-9-12(7-8-13(14)16-5)10-15(4)11(2)3/h7-9,11H,6,10H2,1-5H3. The SMILES string of the molecule is CCOc1cc(CN(C)C(C)C)ccc1OC. The van der Waals surface area contributed by atoms with Crippen LogP contribution in [-0.4, -0.2) is 31.7 Å². The van der Waals surface area contributed by atoms with Gasteiger partial charge < -0.3 is 9.47 Å². The monoisotopic (exact) mass is 237 g/mol. The minimum atomic E-state index is 0.535. The summed E-state index contributed by atoms with van der Waals surface area (Å²) < 4.78 is 10.8. The van der Waals surface area contributed by atoms with Crippen molar-refractivity contribution in [2.24, 2.45) is 0 Å². The highest BCUT2D eigenvalue weighted by Gasteiger charge is 2.08. The molecule has 96 valence electrons. The number of hydrogen-bond donors (Lipinski definition) is 0. The van der Waals surface area contributed by atoms with Gasteiger partial charge in [0.25, 0.3) is 0 Å². The van der Waals surface area contributed by atoms with Gasteiger partial charge in [-0.25, -0.2) is 0 Å². The smallest absolute Gasteiger partial charge is 0.161 e. The highest BCUT2D eigenvalue weighted by Crippen LogP contribution is 2.28. The molecule has 0 saturated heterocycles. The molecule has 0 aliphatic rings. The average Bonchev–Trinajstić information content (AvgIpc) is 2.29. The fraction of sp³-hybridized carbons (Fsp3) is 0.571. The van der Waals surface area contributed by atoms with E-state index in [2.05, 4.69) is 37.9 Å². The van der Waals surface area contributed by atoms with Crippen LogP contribution in [-0.2, 0) is 6.54 Å². The lowest BCUT2D eigenvalue weighted by atomic mass is 10.1. The van der Waals surface area contributed by atoms with Gasteiger partial charge in [0, 0.05) is 12.6 Å². The molecule has 1 aromatic rings. The van der Waals surface area contributed by atoms with Gasteiger partial charge in [-0.3, -0.25) is 4.90 Å². The summed E-state index contributed by atoms with van der Waals surface area (Å²) in [6.07, 6.45) is 0. The Bertz CT molecular complexity index is 350. The molecule has 0 aliphatic heterocycles. The molecule has 1 rings (SSSR count). The zero-order valence-corrected chi connectivity index (χ0v) is 11.5. The number of methoxy groups -OCH3 is 1. The topological polar surface area (TPSA) is 21.7 Å². The van der Waals surface area contributed by atoms with Crippen molar-refractivity contribution in [2.75, 3.05) is 20.8 Å². The van der Waals surface area contributed by atoms with Gasteiger partial charge in [-0.15, -0.1) is 0 Å². The van der Waals surface area contributed by atoms with Crippen molar-refractivity contribution < 1.29 is 9.47 Å². The molecule has 0 N–H and O–H groups in total. The maximum absolute atomic E-state index is 5.57. The van der Waals surface area contributed by atoms with E-state index in [1.807, 2.05) is 13.0 Å². The lowest BCUT2D eigenvalue weighted by molar-refractivity contribution is 0.264. The second-order valence-corrected chi connectivity index (χ2v) is 4.43. The van der Waals surface area contributed by atoms with Crippen molar-refractivity contribution >= 4 is 0 Å². The molecular weight excluding hydrogens is 214 g/mol. The van der Waals surface area contributed by atoms with Crippen molar-refractivity contribution in [2.45, 2.75) is 33.4 Å². The summed E-state index contributed by atoms with van der Waals surface area (Å²) in [5.41, 5.74) is 1.24. The summed E-state index contributed by atoms with van der Waals surface area (Å²) in [5.74, 6) is 1.62. The van der Waals surface area contributed by atoms with Crippen molar-refractivity contribution in [3.8, 4) is 11.5 Å². The van der Waals surface area contributed by atoms with Crippen LogP contribution in [0, 0.1) is 0 Å². The van der Waals surface area contributed by atoms with Crippen molar-refractivity contribution in [3.63, 3.8) is 0 Å². The average molecular weight is 237 g/mol. The van der Waals surface area contributed by atoms with E-state index in [1.165, 1.54) is 5.56 Å². The van der Waals surface area contributed by atoms with Crippen LogP contribution < -0.4 is 9.47 Å². The molecule has 0 heterocycles. The molecule has 0 radical (unpaired) electrons. The normalized spacial score (nSPS) is 11.0. The number of benzene rings is 1. The predicted octanol–water partition coefficient (Wildman–Crippen LogP) is 2.93. The summed E-state index contributed by atoms with van der Waals surface area (Å²) >= 11 is 0. The highest BCUT2D eigenvalue weighted by molar-refractivity contribution is 5.42. The maximum Gasteiger partial charge on any atom is 0.161 e. The first-order chi connectivity index (χ1) is 8.08. The van der Waals surface area contributed by atoms with E-state index in [4.69, 9.17) is 9.47 Å². The zero-order valence-electron chi connectivity index (χ0n) is 11.5. The Morgan fingerprint density at radius 2 is 1.94 bits per heavy atom. The molecule has 0 spiro atoms. The Labute approximate surface area is 104 Å². The first-order valence-corrected chi connectivity index (χ1v) is 6.08. The zero-order chi connectivity index (χ0) is 12.8. The third-order valence-corrected chi connectivity index (χ3v) is 2.84. The fourth-order valence-corrected chi connectivity index (χ4v) is 1.56. The van der Waals surface area contributed by atoms with Gasteiger partial charge >= 0.3 is 0 Å². The van der Waals surface area contributed by atoms with Crippen LogP contribution in [0.15, 0.2) is 18.2 Å². The molecule has 17 heavy (non-hydrogen) atoms. The van der Waals surface area contributed by atoms with Crippen LogP contribution in [0.2, 0.25) is 0 Å². The van der Waals surface area contributed by atoms with Gasteiger partial charge in [0.2, 0.25) is 0 Å². The van der Waals surface area contributed by atoms with Gasteiger partial charge in [-0.1, -0.05) is 6.07 Å². The minimum Gasteiger partial charge on any atom is -0.493 e. The third-order valence-electron chi connectivity index (χ3n) is 2.84. The lowest BCUT2D eigenvalue weighted by Crippen LogP contribution is -2.25. The summed E-state index contributed by atoms with van der Waals surface area (Å²) in [5, 5.41) is 0. The quantitative estimate of drug-likeness (QED) is 0.759. The van der Waals surface area contributed by atoms with Crippen LogP contribution in [0.4, 0.5) is 0 Å². The lowest BCUT2D eigenvalue weighted by Gasteiger charge is -2.21. The van der Waals surface area contributed by atoms with Gasteiger partial charge in [0.1, 0.15) is 0 Å². The summed E-state index contributed by atoms with van der Waals surface area (Å²) in [6.45, 7) is 7.92. The molecule has 0 fully saturated rings. The first kappa shape index (κ1) is 13.8. The molecule has 0 amide bonds. The Morgan fingerprint density at radius 3 is 2.47 bits per heavy atom. The van der Waals surface area contributed by atoms with Gasteiger partial charge in [-0.05, 0) is 45.5 Å². The molecule has 3 heteroatoms. The largest absolute Gasteiger partial charge is 0.493 e. The summed E-state index contributed by atoms with van der Waals surface area (Å²) in [6, 6.07) is 6.64. The van der Waals surface area contributed by atoms with E-state index in [0.29, 0.717) is 12.6 Å².